The van der Waals surface area contributed by atoms with E-state index in [1.807, 2.05) is 0 Å². The number of benzene rings is 8. The molecule has 0 saturated heterocycles. The summed E-state index contributed by atoms with van der Waals surface area (Å²) in [5, 5.41) is 12.9. The van der Waals surface area contributed by atoms with Crippen LogP contribution >= 0.6 is 0 Å². The molecule has 2 nitrogen and oxygen atoms in total. The molecule has 0 bridgehead atoms. The number of aromatic nitrogens is 2. The van der Waals surface area contributed by atoms with E-state index in [0.717, 1.165) is 0 Å². The van der Waals surface area contributed by atoms with Crippen molar-refractivity contribution in [3.8, 4) is 16.8 Å². The Labute approximate surface area is 264 Å². The van der Waals surface area contributed by atoms with Gasteiger partial charge in [0.25, 0.3) is 0 Å². The average Bonchev–Trinajstić information content (AvgIpc) is 3.76. The zero-order valence-corrected chi connectivity index (χ0v) is 24.9. The fourth-order valence-electron chi connectivity index (χ4n) is 8.28. The van der Waals surface area contributed by atoms with Gasteiger partial charge in [-0.05, 0) is 52.2 Å². The Balaban J connectivity index is 1.40. The van der Waals surface area contributed by atoms with Gasteiger partial charge in [-0.3, -0.25) is 0 Å². The quantitative estimate of drug-likeness (QED) is 0.192. The summed E-state index contributed by atoms with van der Waals surface area (Å²) in [7, 11) is 0. The molecule has 11 aromatic rings. The second kappa shape index (κ2) is 8.74. The molecule has 0 radical (unpaired) electrons. The van der Waals surface area contributed by atoms with Gasteiger partial charge in [0.15, 0.2) is 0 Å². The van der Waals surface area contributed by atoms with E-state index in [-0.39, 0.29) is 0 Å². The molecule has 2 heteroatoms. The largest absolute Gasteiger partial charge is 0.309 e. The first-order valence-electron chi connectivity index (χ1n) is 16.0. The second-order valence-corrected chi connectivity index (χ2v) is 12.5. The van der Waals surface area contributed by atoms with Crippen LogP contribution in [-0.4, -0.2) is 8.97 Å². The highest BCUT2D eigenvalue weighted by molar-refractivity contribution is 6.40. The first kappa shape index (κ1) is 24.2. The lowest BCUT2D eigenvalue weighted by Gasteiger charge is -2.12. The molecule has 0 atom stereocenters. The Morgan fingerprint density at radius 2 is 0.891 bits per heavy atom. The van der Waals surface area contributed by atoms with Gasteiger partial charge in [0.1, 0.15) is 0 Å². The van der Waals surface area contributed by atoms with Gasteiger partial charge >= 0.3 is 0 Å². The molecule has 212 valence electrons. The van der Waals surface area contributed by atoms with Gasteiger partial charge in [0, 0.05) is 48.8 Å². The first-order valence-corrected chi connectivity index (χ1v) is 16.0. The molecule has 0 aliphatic heterocycles. The van der Waals surface area contributed by atoms with Crippen LogP contribution in [-0.2, 0) is 0 Å². The van der Waals surface area contributed by atoms with Crippen LogP contribution < -0.4 is 0 Å². The first-order chi connectivity index (χ1) is 22.8. The fourth-order valence-corrected chi connectivity index (χ4v) is 8.28. The number of fused-ring (bicyclic) bond motifs is 14. The third-order valence-electron chi connectivity index (χ3n) is 10.2. The molecule has 0 saturated carbocycles. The molecule has 0 aliphatic carbocycles. The van der Waals surface area contributed by atoms with Gasteiger partial charge in [0.05, 0.1) is 27.6 Å². The van der Waals surface area contributed by atoms with Crippen molar-refractivity contribution in [1.82, 2.24) is 8.97 Å². The predicted molar refractivity (Wildman–Crippen MR) is 196 cm³/mol. The van der Waals surface area contributed by atoms with Gasteiger partial charge in [-0.15, -0.1) is 0 Å². The standard InChI is InChI=1S/C44H26N2/c1-2-11-27(12-3-1)28-21-23-31(24-22-28)45-39-26-30-14-5-4-13-29(30)25-37(39)41-40-36-19-10-18-33-32-15-8-9-20-38(32)46(42(33)36)44(40)35-17-7-6-16-34(35)43(41)45/h1-26H. The van der Waals surface area contributed by atoms with Gasteiger partial charge in [-0.2, -0.15) is 0 Å². The van der Waals surface area contributed by atoms with Crippen LogP contribution in [0.25, 0.3) is 98.3 Å². The zero-order valence-electron chi connectivity index (χ0n) is 24.9. The Hall–Kier alpha value is -6.12. The molecule has 0 aliphatic rings. The lowest BCUT2D eigenvalue weighted by molar-refractivity contribution is 1.19. The van der Waals surface area contributed by atoms with Crippen molar-refractivity contribution in [3.63, 3.8) is 0 Å². The summed E-state index contributed by atoms with van der Waals surface area (Å²) in [6.07, 6.45) is 0. The molecule has 8 aromatic carbocycles. The third kappa shape index (κ3) is 3.01. The van der Waals surface area contributed by atoms with Crippen LogP contribution in [0.3, 0.4) is 0 Å². The summed E-state index contributed by atoms with van der Waals surface area (Å²) in [5.74, 6) is 0. The Bertz CT molecular complexity index is 3000. The number of hydrogen-bond donors (Lipinski definition) is 0. The van der Waals surface area contributed by atoms with E-state index in [0.29, 0.717) is 0 Å². The molecular weight excluding hydrogens is 556 g/mol. The van der Waals surface area contributed by atoms with E-state index in [9.17, 15) is 0 Å². The van der Waals surface area contributed by atoms with Crippen molar-refractivity contribution in [2.75, 3.05) is 0 Å². The molecule has 0 N–H and O–H groups in total. The van der Waals surface area contributed by atoms with Crippen LogP contribution in [0.4, 0.5) is 0 Å². The van der Waals surface area contributed by atoms with Gasteiger partial charge < -0.3 is 8.97 Å². The lowest BCUT2D eigenvalue weighted by atomic mass is 9.97. The lowest BCUT2D eigenvalue weighted by Crippen LogP contribution is -1.95. The van der Waals surface area contributed by atoms with Gasteiger partial charge in [-0.25, -0.2) is 0 Å². The van der Waals surface area contributed by atoms with Crippen molar-refractivity contribution in [2.45, 2.75) is 0 Å². The average molecular weight is 583 g/mol. The topological polar surface area (TPSA) is 9.34 Å². The minimum atomic E-state index is 1.17. The molecule has 0 amide bonds. The molecule has 0 unspecified atom stereocenters. The Kier molecular flexibility index (Phi) is 4.61. The Morgan fingerprint density at radius 3 is 1.70 bits per heavy atom. The number of rotatable bonds is 2. The normalized spacial score (nSPS) is 12.3. The van der Waals surface area contributed by atoms with Crippen molar-refractivity contribution in [1.29, 1.82) is 0 Å². The highest BCUT2D eigenvalue weighted by atomic mass is 15.0. The van der Waals surface area contributed by atoms with Crippen LogP contribution in [0, 0.1) is 0 Å². The summed E-state index contributed by atoms with van der Waals surface area (Å²) in [6, 6.07) is 58.0. The maximum atomic E-state index is 2.54. The molecule has 0 fully saturated rings. The molecule has 3 aromatic heterocycles. The summed E-state index contributed by atoms with van der Waals surface area (Å²) < 4.78 is 5.05. The third-order valence-corrected chi connectivity index (χ3v) is 10.2. The van der Waals surface area contributed by atoms with Crippen molar-refractivity contribution < 1.29 is 0 Å². The second-order valence-electron chi connectivity index (χ2n) is 12.5. The maximum absolute atomic E-state index is 2.54. The minimum Gasteiger partial charge on any atom is -0.309 e. The fraction of sp³-hybridized carbons (Fsp3) is 0. The van der Waals surface area contributed by atoms with Crippen molar-refractivity contribution in [2.24, 2.45) is 0 Å². The SMILES string of the molecule is c1ccc(-c2ccc(-n3c4cc5ccccc5cc4c4c5c6cccc7c8ccccc8n(c76)c5c5ccccc5c43)cc2)cc1. The van der Waals surface area contributed by atoms with Crippen molar-refractivity contribution >= 4 is 81.4 Å². The van der Waals surface area contributed by atoms with Gasteiger partial charge in [-0.1, -0.05) is 127 Å². The number of para-hydroxylation sites is 2. The van der Waals surface area contributed by atoms with E-state index in [2.05, 4.69) is 167 Å². The zero-order chi connectivity index (χ0) is 29.9. The van der Waals surface area contributed by atoms with E-state index in [1.165, 1.54) is 98.3 Å². The summed E-state index contributed by atoms with van der Waals surface area (Å²) in [5.41, 5.74) is 9.98. The molecule has 0 spiro atoms. The van der Waals surface area contributed by atoms with E-state index >= 15 is 0 Å². The minimum absolute atomic E-state index is 1.17. The molecule has 3 heterocycles. The highest BCUT2D eigenvalue weighted by Crippen LogP contribution is 2.49. The summed E-state index contributed by atoms with van der Waals surface area (Å²) in [6.45, 7) is 0. The predicted octanol–water partition coefficient (Wildman–Crippen LogP) is 11.9. The van der Waals surface area contributed by atoms with Crippen LogP contribution in [0.15, 0.2) is 158 Å². The van der Waals surface area contributed by atoms with E-state index in [1.54, 1.807) is 0 Å². The highest BCUT2D eigenvalue weighted by Gasteiger charge is 2.25. The smallest absolute Gasteiger partial charge is 0.0627 e. The number of hydrogen-bond acceptors (Lipinski definition) is 0. The van der Waals surface area contributed by atoms with E-state index < -0.39 is 0 Å². The maximum Gasteiger partial charge on any atom is 0.0627 e. The molecular formula is C44H26N2. The number of nitrogens with zero attached hydrogens (tertiary/aromatic N) is 2. The monoisotopic (exact) mass is 582 g/mol. The Morgan fingerprint density at radius 1 is 0.326 bits per heavy atom. The molecule has 11 rings (SSSR count). The summed E-state index contributed by atoms with van der Waals surface area (Å²) >= 11 is 0. The molecule has 46 heavy (non-hydrogen) atoms. The summed E-state index contributed by atoms with van der Waals surface area (Å²) in [4.78, 5) is 0. The van der Waals surface area contributed by atoms with Gasteiger partial charge in [0.2, 0.25) is 0 Å². The van der Waals surface area contributed by atoms with E-state index in [4.69, 9.17) is 0 Å². The van der Waals surface area contributed by atoms with Crippen LogP contribution in [0.1, 0.15) is 0 Å². The van der Waals surface area contributed by atoms with Crippen molar-refractivity contribution in [3.05, 3.63) is 158 Å². The van der Waals surface area contributed by atoms with Crippen LogP contribution in [0.5, 0.6) is 0 Å². The van der Waals surface area contributed by atoms with Crippen LogP contribution in [0.2, 0.25) is 0 Å².